The largest absolute Gasteiger partial charge is 0.495 e. The SMILES string of the molecule is COc1c(Cl)ccc(F)c1C(O)C(=O)O. The number of hydrogen-bond acceptors (Lipinski definition) is 3. The van der Waals surface area contributed by atoms with Crippen LogP contribution >= 0.6 is 11.6 Å². The summed E-state index contributed by atoms with van der Waals surface area (Å²) < 4.78 is 18.0. The maximum atomic E-state index is 13.3. The average Bonchev–Trinajstić information content (AvgIpc) is 2.19. The number of rotatable bonds is 3. The van der Waals surface area contributed by atoms with E-state index in [1.807, 2.05) is 0 Å². The van der Waals surface area contributed by atoms with Crippen LogP contribution in [0.4, 0.5) is 4.39 Å². The second-order valence-corrected chi connectivity index (χ2v) is 3.12. The molecule has 0 saturated carbocycles. The van der Waals surface area contributed by atoms with Gasteiger partial charge in [-0.3, -0.25) is 0 Å². The Hall–Kier alpha value is -1.33. The standard InChI is InChI=1S/C9H8ClFO4/c1-15-8-4(10)2-3-5(11)6(8)7(12)9(13)14/h2-3,7,12H,1H3,(H,13,14). The number of methoxy groups -OCH3 is 1. The number of aliphatic hydroxyl groups excluding tert-OH is 1. The van der Waals surface area contributed by atoms with Gasteiger partial charge in [0.2, 0.25) is 0 Å². The summed E-state index contributed by atoms with van der Waals surface area (Å²) in [6, 6.07) is 2.18. The molecule has 0 amide bonds. The molecule has 82 valence electrons. The second-order valence-electron chi connectivity index (χ2n) is 2.72. The van der Waals surface area contributed by atoms with Crippen molar-refractivity contribution in [3.05, 3.63) is 28.5 Å². The van der Waals surface area contributed by atoms with Crippen molar-refractivity contribution in [3.63, 3.8) is 0 Å². The van der Waals surface area contributed by atoms with Gasteiger partial charge < -0.3 is 14.9 Å². The molecule has 1 aromatic rings. The molecule has 0 spiro atoms. The van der Waals surface area contributed by atoms with E-state index in [0.29, 0.717) is 0 Å². The molecular weight excluding hydrogens is 227 g/mol. The summed E-state index contributed by atoms with van der Waals surface area (Å²) in [7, 11) is 1.21. The molecule has 1 rings (SSSR count). The van der Waals surface area contributed by atoms with E-state index in [9.17, 15) is 14.3 Å². The molecule has 15 heavy (non-hydrogen) atoms. The van der Waals surface area contributed by atoms with Crippen LogP contribution in [0.25, 0.3) is 0 Å². The van der Waals surface area contributed by atoms with Gasteiger partial charge in [0.15, 0.2) is 6.10 Å². The van der Waals surface area contributed by atoms with Crippen LogP contribution in [-0.2, 0) is 4.79 Å². The van der Waals surface area contributed by atoms with Gasteiger partial charge in [0, 0.05) is 0 Å². The van der Waals surface area contributed by atoms with Gasteiger partial charge in [0.1, 0.15) is 11.6 Å². The monoisotopic (exact) mass is 234 g/mol. The summed E-state index contributed by atoms with van der Waals surface area (Å²) in [5.41, 5.74) is -0.475. The molecule has 0 bridgehead atoms. The van der Waals surface area contributed by atoms with Gasteiger partial charge in [-0.25, -0.2) is 9.18 Å². The number of ether oxygens (including phenoxy) is 1. The van der Waals surface area contributed by atoms with E-state index in [0.717, 1.165) is 6.07 Å². The Balaban J connectivity index is 3.37. The van der Waals surface area contributed by atoms with Gasteiger partial charge in [-0.05, 0) is 12.1 Å². The lowest BCUT2D eigenvalue weighted by Crippen LogP contribution is -2.13. The molecule has 0 saturated heterocycles. The molecule has 0 radical (unpaired) electrons. The highest BCUT2D eigenvalue weighted by Crippen LogP contribution is 2.34. The summed E-state index contributed by atoms with van der Waals surface area (Å²) in [5.74, 6) is -2.63. The first-order chi connectivity index (χ1) is 6.99. The van der Waals surface area contributed by atoms with E-state index in [1.54, 1.807) is 0 Å². The molecule has 0 aliphatic heterocycles. The van der Waals surface area contributed by atoms with Gasteiger partial charge in [-0.1, -0.05) is 11.6 Å². The Morgan fingerprint density at radius 1 is 1.60 bits per heavy atom. The molecule has 0 aliphatic carbocycles. The Labute approximate surface area is 89.9 Å². The molecular formula is C9H8ClFO4. The fraction of sp³-hybridized carbons (Fsp3) is 0.222. The van der Waals surface area contributed by atoms with Crippen LogP contribution in [0.5, 0.6) is 5.75 Å². The number of hydrogen-bond donors (Lipinski definition) is 2. The maximum absolute atomic E-state index is 13.3. The zero-order chi connectivity index (χ0) is 11.6. The second kappa shape index (κ2) is 4.46. The third-order valence-electron chi connectivity index (χ3n) is 1.81. The first-order valence-electron chi connectivity index (χ1n) is 3.91. The lowest BCUT2D eigenvalue weighted by atomic mass is 10.1. The van der Waals surface area contributed by atoms with Crippen molar-refractivity contribution in [2.75, 3.05) is 7.11 Å². The molecule has 0 fully saturated rings. The Morgan fingerprint density at radius 2 is 2.20 bits per heavy atom. The molecule has 0 aromatic heterocycles. The summed E-state index contributed by atoms with van der Waals surface area (Å²) in [6.45, 7) is 0. The van der Waals surface area contributed by atoms with Crippen molar-refractivity contribution in [1.29, 1.82) is 0 Å². The molecule has 1 atom stereocenters. The predicted molar refractivity (Wildman–Crippen MR) is 50.6 cm³/mol. The van der Waals surface area contributed by atoms with Crippen LogP contribution in [0, 0.1) is 5.82 Å². The number of benzene rings is 1. The van der Waals surface area contributed by atoms with Crippen LogP contribution in [0.15, 0.2) is 12.1 Å². The molecule has 2 N–H and O–H groups in total. The molecule has 0 heterocycles. The Bertz CT molecular complexity index is 394. The van der Waals surface area contributed by atoms with Gasteiger partial charge >= 0.3 is 5.97 Å². The summed E-state index contributed by atoms with van der Waals surface area (Å²) in [4.78, 5) is 10.5. The van der Waals surface area contributed by atoms with E-state index in [-0.39, 0.29) is 10.8 Å². The van der Waals surface area contributed by atoms with E-state index in [2.05, 4.69) is 0 Å². The Morgan fingerprint density at radius 3 is 2.67 bits per heavy atom. The molecule has 1 aromatic carbocycles. The summed E-state index contributed by atoms with van der Waals surface area (Å²) in [6.07, 6.45) is -2.00. The first-order valence-corrected chi connectivity index (χ1v) is 4.29. The number of aliphatic hydroxyl groups is 1. The minimum atomic E-state index is -2.00. The maximum Gasteiger partial charge on any atom is 0.337 e. The van der Waals surface area contributed by atoms with E-state index in [4.69, 9.17) is 21.4 Å². The smallest absolute Gasteiger partial charge is 0.337 e. The number of halogens is 2. The third-order valence-corrected chi connectivity index (χ3v) is 2.10. The van der Waals surface area contributed by atoms with Crippen molar-refractivity contribution in [1.82, 2.24) is 0 Å². The number of carboxylic acid groups (broad SMARTS) is 1. The van der Waals surface area contributed by atoms with Crippen molar-refractivity contribution in [2.24, 2.45) is 0 Å². The Kier molecular flexibility index (Phi) is 3.49. The number of aliphatic carboxylic acids is 1. The van der Waals surface area contributed by atoms with Crippen LogP contribution in [0.1, 0.15) is 11.7 Å². The fourth-order valence-corrected chi connectivity index (χ4v) is 1.38. The van der Waals surface area contributed by atoms with E-state index < -0.39 is 23.5 Å². The lowest BCUT2D eigenvalue weighted by Gasteiger charge is -2.13. The van der Waals surface area contributed by atoms with Crippen molar-refractivity contribution in [2.45, 2.75) is 6.10 Å². The molecule has 1 unspecified atom stereocenters. The molecule has 0 aliphatic rings. The summed E-state index contributed by atoms with van der Waals surface area (Å²) in [5, 5.41) is 17.8. The van der Waals surface area contributed by atoms with Crippen LogP contribution in [0.2, 0.25) is 5.02 Å². The lowest BCUT2D eigenvalue weighted by molar-refractivity contribution is -0.147. The minimum absolute atomic E-state index is 0.0363. The van der Waals surface area contributed by atoms with Crippen LogP contribution in [0.3, 0.4) is 0 Å². The normalized spacial score (nSPS) is 12.3. The van der Waals surface area contributed by atoms with Crippen LogP contribution in [-0.4, -0.2) is 23.3 Å². The van der Waals surface area contributed by atoms with E-state index >= 15 is 0 Å². The first kappa shape index (κ1) is 11.7. The highest BCUT2D eigenvalue weighted by atomic mass is 35.5. The number of carboxylic acids is 1. The van der Waals surface area contributed by atoms with Crippen molar-refractivity contribution >= 4 is 17.6 Å². The fourth-order valence-electron chi connectivity index (χ4n) is 1.13. The minimum Gasteiger partial charge on any atom is -0.495 e. The predicted octanol–water partition coefficient (Wildman–Crippen LogP) is 1.61. The van der Waals surface area contributed by atoms with Gasteiger partial charge in [-0.2, -0.15) is 0 Å². The van der Waals surface area contributed by atoms with Gasteiger partial charge in [-0.15, -0.1) is 0 Å². The zero-order valence-corrected chi connectivity index (χ0v) is 8.45. The average molecular weight is 235 g/mol. The molecule has 4 nitrogen and oxygen atoms in total. The number of carbonyl (C=O) groups is 1. The van der Waals surface area contributed by atoms with Crippen molar-refractivity contribution < 1.29 is 24.1 Å². The topological polar surface area (TPSA) is 66.8 Å². The highest BCUT2D eigenvalue weighted by molar-refractivity contribution is 6.32. The van der Waals surface area contributed by atoms with Gasteiger partial charge in [0.05, 0.1) is 17.7 Å². The van der Waals surface area contributed by atoms with E-state index in [1.165, 1.54) is 13.2 Å². The van der Waals surface area contributed by atoms with Gasteiger partial charge in [0.25, 0.3) is 0 Å². The van der Waals surface area contributed by atoms with Crippen molar-refractivity contribution in [3.8, 4) is 5.75 Å². The summed E-state index contributed by atoms with van der Waals surface area (Å²) >= 11 is 5.65. The zero-order valence-electron chi connectivity index (χ0n) is 7.70. The third kappa shape index (κ3) is 2.19. The molecule has 6 heteroatoms. The quantitative estimate of drug-likeness (QED) is 0.834. The highest BCUT2D eigenvalue weighted by Gasteiger charge is 2.26. The van der Waals surface area contributed by atoms with Crippen LogP contribution < -0.4 is 4.74 Å².